The van der Waals surface area contributed by atoms with Crippen molar-refractivity contribution in [2.24, 2.45) is 16.8 Å². The molecule has 23 heavy (non-hydrogen) atoms. The molecule has 0 aromatic rings. The van der Waals surface area contributed by atoms with Gasteiger partial charge in [-0.05, 0) is 51.1 Å². The molecular formula is C18H38N4O. The zero-order valence-corrected chi connectivity index (χ0v) is 15.9. The van der Waals surface area contributed by atoms with Gasteiger partial charge in [0.1, 0.15) is 0 Å². The Labute approximate surface area is 143 Å². The van der Waals surface area contributed by atoms with E-state index in [0.717, 1.165) is 38.0 Å². The van der Waals surface area contributed by atoms with E-state index in [-0.39, 0.29) is 0 Å². The first-order valence-electron chi connectivity index (χ1n) is 9.39. The molecule has 2 atom stereocenters. The Hall–Kier alpha value is -0.810. The van der Waals surface area contributed by atoms with Gasteiger partial charge in [-0.2, -0.15) is 0 Å². The highest BCUT2D eigenvalue weighted by Gasteiger charge is 2.21. The molecule has 0 saturated carbocycles. The summed E-state index contributed by atoms with van der Waals surface area (Å²) in [7, 11) is 1.84. The first-order valence-corrected chi connectivity index (χ1v) is 9.39. The van der Waals surface area contributed by atoms with Crippen LogP contribution in [0.1, 0.15) is 47.0 Å². The lowest BCUT2D eigenvalue weighted by atomic mass is 10.0. The molecule has 5 heteroatoms. The summed E-state index contributed by atoms with van der Waals surface area (Å²) < 4.78 is 5.79. The van der Waals surface area contributed by atoms with Crippen LogP contribution in [-0.2, 0) is 4.74 Å². The van der Waals surface area contributed by atoms with Crippen LogP contribution in [0.15, 0.2) is 4.99 Å². The molecule has 1 heterocycles. The third kappa shape index (κ3) is 8.02. The minimum atomic E-state index is 0.322. The number of likely N-dealkylation sites (tertiary alicyclic amines) is 1. The Kier molecular flexibility index (Phi) is 10.3. The second kappa shape index (κ2) is 11.7. The predicted octanol–water partition coefficient (Wildman–Crippen LogP) is 2.33. The second-order valence-electron chi connectivity index (χ2n) is 6.86. The van der Waals surface area contributed by atoms with E-state index in [1.807, 2.05) is 7.05 Å². The molecule has 0 aromatic heterocycles. The van der Waals surface area contributed by atoms with E-state index in [0.29, 0.717) is 12.0 Å². The minimum Gasteiger partial charge on any atom is -0.378 e. The molecule has 2 N–H and O–H groups in total. The van der Waals surface area contributed by atoms with E-state index < -0.39 is 0 Å². The van der Waals surface area contributed by atoms with Crippen LogP contribution < -0.4 is 10.6 Å². The summed E-state index contributed by atoms with van der Waals surface area (Å²) in [4.78, 5) is 6.90. The van der Waals surface area contributed by atoms with Crippen molar-refractivity contribution in [3.05, 3.63) is 0 Å². The van der Waals surface area contributed by atoms with Crippen LogP contribution in [0, 0.1) is 11.8 Å². The molecule has 0 amide bonds. The lowest BCUT2D eigenvalue weighted by Gasteiger charge is -2.22. The fourth-order valence-corrected chi connectivity index (χ4v) is 3.22. The van der Waals surface area contributed by atoms with Gasteiger partial charge in [-0.15, -0.1) is 0 Å². The van der Waals surface area contributed by atoms with Gasteiger partial charge in [-0.3, -0.25) is 4.99 Å². The zero-order valence-electron chi connectivity index (χ0n) is 15.9. The highest BCUT2D eigenvalue weighted by molar-refractivity contribution is 5.79. The van der Waals surface area contributed by atoms with Gasteiger partial charge in [0.15, 0.2) is 5.96 Å². The van der Waals surface area contributed by atoms with Gasteiger partial charge in [0.2, 0.25) is 0 Å². The first-order chi connectivity index (χ1) is 11.1. The van der Waals surface area contributed by atoms with Crippen molar-refractivity contribution in [1.29, 1.82) is 0 Å². The summed E-state index contributed by atoms with van der Waals surface area (Å²) >= 11 is 0. The normalized spacial score (nSPS) is 21.0. The number of hydrogen-bond donors (Lipinski definition) is 2. The number of nitrogens with zero attached hydrogens (tertiary/aromatic N) is 2. The minimum absolute atomic E-state index is 0.322. The molecule has 1 saturated heterocycles. The third-order valence-electron chi connectivity index (χ3n) is 4.54. The van der Waals surface area contributed by atoms with Crippen molar-refractivity contribution in [3.63, 3.8) is 0 Å². The van der Waals surface area contributed by atoms with Gasteiger partial charge in [0.05, 0.1) is 6.10 Å². The van der Waals surface area contributed by atoms with Gasteiger partial charge < -0.3 is 20.3 Å². The van der Waals surface area contributed by atoms with Crippen LogP contribution in [0.25, 0.3) is 0 Å². The fraction of sp³-hybridized carbons (Fsp3) is 0.944. The van der Waals surface area contributed by atoms with Gasteiger partial charge in [0, 0.05) is 33.3 Å². The highest BCUT2D eigenvalue weighted by atomic mass is 16.5. The maximum atomic E-state index is 5.79. The maximum Gasteiger partial charge on any atom is 0.190 e. The summed E-state index contributed by atoms with van der Waals surface area (Å²) in [6.45, 7) is 15.1. The van der Waals surface area contributed by atoms with Gasteiger partial charge in [-0.25, -0.2) is 0 Å². The number of hydrogen-bond acceptors (Lipinski definition) is 3. The van der Waals surface area contributed by atoms with Crippen LogP contribution in [0.5, 0.6) is 0 Å². The Morgan fingerprint density at radius 2 is 2.09 bits per heavy atom. The number of ether oxygens (including phenoxy) is 1. The lowest BCUT2D eigenvalue weighted by molar-refractivity contribution is 0.0258. The largest absolute Gasteiger partial charge is 0.378 e. The van der Waals surface area contributed by atoms with Crippen molar-refractivity contribution < 1.29 is 4.74 Å². The van der Waals surface area contributed by atoms with Gasteiger partial charge >= 0.3 is 0 Å². The molecule has 1 fully saturated rings. The molecule has 2 unspecified atom stereocenters. The van der Waals surface area contributed by atoms with E-state index in [1.54, 1.807) is 0 Å². The standard InChI is InChI=1S/C18H38N4O/c1-6-11-22-12-9-16(14-22)13-21-18(19-5)20-10-8-17(15(3)4)23-7-2/h15-17H,6-14H2,1-5H3,(H2,19,20,21). The van der Waals surface area contributed by atoms with Crippen LogP contribution in [0.3, 0.4) is 0 Å². The molecule has 1 aliphatic heterocycles. The molecule has 0 bridgehead atoms. The number of aliphatic imine (C=N–C) groups is 1. The van der Waals surface area contributed by atoms with Crippen molar-refractivity contribution >= 4 is 5.96 Å². The number of nitrogens with one attached hydrogen (secondary N) is 2. The first kappa shape index (κ1) is 20.2. The van der Waals surface area contributed by atoms with Crippen molar-refractivity contribution in [2.75, 3.05) is 46.4 Å². The lowest BCUT2D eigenvalue weighted by Crippen LogP contribution is -2.41. The Morgan fingerprint density at radius 3 is 2.70 bits per heavy atom. The van der Waals surface area contributed by atoms with E-state index in [2.05, 4.69) is 48.2 Å². The van der Waals surface area contributed by atoms with Crippen LogP contribution >= 0.6 is 0 Å². The Bertz CT molecular complexity index is 333. The molecule has 0 radical (unpaired) electrons. The molecule has 0 aromatic carbocycles. The average molecular weight is 327 g/mol. The second-order valence-corrected chi connectivity index (χ2v) is 6.86. The zero-order chi connectivity index (χ0) is 17.1. The molecule has 136 valence electrons. The quantitative estimate of drug-likeness (QED) is 0.478. The van der Waals surface area contributed by atoms with Gasteiger partial charge in [-0.1, -0.05) is 20.8 Å². The summed E-state index contributed by atoms with van der Waals surface area (Å²) in [5.41, 5.74) is 0. The molecular weight excluding hydrogens is 288 g/mol. The summed E-state index contributed by atoms with van der Waals surface area (Å²) in [6, 6.07) is 0. The average Bonchev–Trinajstić information content (AvgIpc) is 2.97. The molecule has 0 aliphatic carbocycles. The monoisotopic (exact) mass is 326 g/mol. The van der Waals surface area contributed by atoms with Crippen molar-refractivity contribution in [2.45, 2.75) is 53.1 Å². The van der Waals surface area contributed by atoms with E-state index >= 15 is 0 Å². The Balaban J connectivity index is 2.22. The maximum absolute atomic E-state index is 5.79. The summed E-state index contributed by atoms with van der Waals surface area (Å²) in [6.07, 6.45) is 3.88. The highest BCUT2D eigenvalue weighted by Crippen LogP contribution is 2.15. The summed E-state index contributed by atoms with van der Waals surface area (Å²) in [5, 5.41) is 6.90. The van der Waals surface area contributed by atoms with Crippen LogP contribution in [-0.4, -0.2) is 63.3 Å². The number of rotatable bonds is 10. The Morgan fingerprint density at radius 1 is 1.30 bits per heavy atom. The third-order valence-corrected chi connectivity index (χ3v) is 4.54. The molecule has 1 aliphatic rings. The van der Waals surface area contributed by atoms with Crippen LogP contribution in [0.2, 0.25) is 0 Å². The molecule has 0 spiro atoms. The predicted molar refractivity (Wildman–Crippen MR) is 99.1 cm³/mol. The van der Waals surface area contributed by atoms with Crippen molar-refractivity contribution in [1.82, 2.24) is 15.5 Å². The SMILES string of the molecule is CCCN1CCC(CNC(=NC)NCCC(OCC)C(C)C)C1. The fourth-order valence-electron chi connectivity index (χ4n) is 3.22. The van der Waals surface area contributed by atoms with Crippen molar-refractivity contribution in [3.8, 4) is 0 Å². The van der Waals surface area contributed by atoms with E-state index in [1.165, 1.54) is 32.5 Å². The topological polar surface area (TPSA) is 48.9 Å². The molecule has 1 rings (SSSR count). The van der Waals surface area contributed by atoms with Crippen LogP contribution in [0.4, 0.5) is 0 Å². The molecule has 5 nitrogen and oxygen atoms in total. The van der Waals surface area contributed by atoms with Gasteiger partial charge in [0.25, 0.3) is 0 Å². The number of guanidine groups is 1. The summed E-state index contributed by atoms with van der Waals surface area (Å²) in [5.74, 6) is 2.21. The van der Waals surface area contributed by atoms with E-state index in [9.17, 15) is 0 Å². The smallest absolute Gasteiger partial charge is 0.190 e. The van der Waals surface area contributed by atoms with E-state index in [4.69, 9.17) is 4.74 Å².